The van der Waals surface area contributed by atoms with Gasteiger partial charge in [0.15, 0.2) is 0 Å². The average molecular weight is 155 g/mol. The van der Waals surface area contributed by atoms with Crippen LogP contribution in [0.25, 0.3) is 0 Å². The van der Waals surface area contributed by atoms with E-state index in [0.717, 1.165) is 0 Å². The molecule has 0 saturated heterocycles. The molecule has 0 radical (unpaired) electrons. The fourth-order valence-electron chi connectivity index (χ4n) is 0.380. The van der Waals surface area contributed by atoms with E-state index in [0.29, 0.717) is 0 Å². The number of alkyl halides is 3. The van der Waals surface area contributed by atoms with Crippen molar-refractivity contribution in [2.75, 3.05) is 6.54 Å². The minimum Gasteiger partial charge on any atom is -0.356 e. The van der Waals surface area contributed by atoms with Crippen LogP contribution in [0.15, 0.2) is 0 Å². The molecule has 0 aliphatic heterocycles. The molecular formula is C5H8F3NO. The smallest absolute Gasteiger partial charge is 0.356 e. The number of carbonyl (C=O) groups is 1. The summed E-state index contributed by atoms with van der Waals surface area (Å²) in [5.41, 5.74) is 0. The van der Waals surface area contributed by atoms with Crippen LogP contribution in [0.3, 0.4) is 0 Å². The van der Waals surface area contributed by atoms with Crippen LogP contribution in [0.4, 0.5) is 13.2 Å². The Bertz CT molecular complexity index is 121. The summed E-state index contributed by atoms with van der Waals surface area (Å²) in [6, 6.07) is 0. The molecular weight excluding hydrogens is 147 g/mol. The molecule has 0 bridgehead atoms. The van der Waals surface area contributed by atoms with Gasteiger partial charge in [-0.05, 0) is 0 Å². The lowest BCUT2D eigenvalue weighted by molar-refractivity contribution is -0.135. The molecule has 0 saturated carbocycles. The minimum absolute atomic E-state index is 0.334. The molecule has 0 rings (SSSR count). The van der Waals surface area contributed by atoms with Gasteiger partial charge >= 0.3 is 6.18 Å². The number of amides is 1. The zero-order chi connectivity index (χ0) is 8.20. The lowest BCUT2D eigenvalue weighted by Gasteiger charge is -2.05. The highest BCUT2D eigenvalue weighted by molar-refractivity contribution is 5.72. The van der Waals surface area contributed by atoms with E-state index >= 15 is 0 Å². The summed E-state index contributed by atoms with van der Waals surface area (Å²) in [5, 5.41) is 2.04. The number of carbonyl (C=O) groups excluding carboxylic acids is 1. The maximum atomic E-state index is 11.4. The van der Waals surface area contributed by atoms with Gasteiger partial charge in [-0.3, -0.25) is 4.79 Å². The Labute approximate surface area is 56.4 Å². The molecule has 0 aliphatic carbocycles. The van der Waals surface area contributed by atoms with Crippen LogP contribution in [0.5, 0.6) is 0 Å². The zero-order valence-electron chi connectivity index (χ0n) is 5.46. The first-order valence-corrected chi connectivity index (χ1v) is 2.73. The number of hydrogen-bond acceptors (Lipinski definition) is 1. The summed E-state index contributed by atoms with van der Waals surface area (Å²) in [6.07, 6.45) is -5.14. The van der Waals surface area contributed by atoms with Gasteiger partial charge in [-0.2, -0.15) is 13.2 Å². The van der Waals surface area contributed by atoms with E-state index < -0.39 is 18.5 Å². The minimum atomic E-state index is -4.18. The Morgan fingerprint density at radius 1 is 1.50 bits per heavy atom. The highest BCUT2D eigenvalue weighted by Crippen LogP contribution is 2.17. The van der Waals surface area contributed by atoms with E-state index in [-0.39, 0.29) is 6.54 Å². The summed E-state index contributed by atoms with van der Waals surface area (Å²) >= 11 is 0. The molecule has 5 heteroatoms. The Morgan fingerprint density at radius 2 is 2.00 bits per heavy atom. The van der Waals surface area contributed by atoms with E-state index in [9.17, 15) is 18.0 Å². The van der Waals surface area contributed by atoms with Gasteiger partial charge < -0.3 is 5.32 Å². The standard InChI is InChI=1S/C5H8F3NO/c1-4(10)9-3-2-5(6,7)8/h2-3H2,1H3,(H,9,10). The monoisotopic (exact) mass is 155 g/mol. The quantitative estimate of drug-likeness (QED) is 0.635. The molecule has 60 valence electrons. The third-order valence-electron chi connectivity index (χ3n) is 0.782. The molecule has 10 heavy (non-hydrogen) atoms. The van der Waals surface area contributed by atoms with Gasteiger partial charge in [0.25, 0.3) is 0 Å². The second-order valence-electron chi connectivity index (χ2n) is 1.85. The molecule has 1 N–H and O–H groups in total. The van der Waals surface area contributed by atoms with Crippen molar-refractivity contribution in [3.05, 3.63) is 0 Å². The van der Waals surface area contributed by atoms with Crippen molar-refractivity contribution in [2.24, 2.45) is 0 Å². The highest BCUT2D eigenvalue weighted by Gasteiger charge is 2.26. The van der Waals surface area contributed by atoms with Crippen molar-refractivity contribution in [3.63, 3.8) is 0 Å². The van der Waals surface area contributed by atoms with Crippen LogP contribution >= 0.6 is 0 Å². The van der Waals surface area contributed by atoms with Crippen LogP contribution < -0.4 is 5.32 Å². The molecule has 1 amide bonds. The third-order valence-corrected chi connectivity index (χ3v) is 0.782. The highest BCUT2D eigenvalue weighted by atomic mass is 19.4. The van der Waals surface area contributed by atoms with Crippen LogP contribution in [0.2, 0.25) is 0 Å². The van der Waals surface area contributed by atoms with E-state index in [2.05, 4.69) is 0 Å². The van der Waals surface area contributed by atoms with Gasteiger partial charge in [0.2, 0.25) is 5.91 Å². The molecule has 2 nitrogen and oxygen atoms in total. The molecule has 0 heterocycles. The molecule has 0 aromatic rings. The first-order valence-electron chi connectivity index (χ1n) is 2.73. The number of halogens is 3. The van der Waals surface area contributed by atoms with Crippen molar-refractivity contribution in [1.29, 1.82) is 0 Å². The number of nitrogens with one attached hydrogen (secondary N) is 1. The first-order chi connectivity index (χ1) is 4.42. The van der Waals surface area contributed by atoms with Crippen molar-refractivity contribution < 1.29 is 18.0 Å². The predicted molar refractivity (Wildman–Crippen MR) is 29.4 cm³/mol. The first kappa shape index (κ1) is 9.26. The summed E-state index contributed by atoms with van der Waals surface area (Å²) in [6.45, 7) is 0.842. The van der Waals surface area contributed by atoms with Gasteiger partial charge in [0.05, 0.1) is 6.42 Å². The van der Waals surface area contributed by atoms with E-state index in [1.807, 2.05) is 5.32 Å². The van der Waals surface area contributed by atoms with Gasteiger partial charge in [-0.1, -0.05) is 0 Å². The summed E-state index contributed by atoms with van der Waals surface area (Å²) in [7, 11) is 0. The van der Waals surface area contributed by atoms with Crippen LogP contribution in [0, 0.1) is 0 Å². The van der Waals surface area contributed by atoms with Crippen LogP contribution in [0.1, 0.15) is 13.3 Å². The second kappa shape index (κ2) is 3.43. The maximum absolute atomic E-state index is 11.4. The molecule has 0 unspecified atom stereocenters. The van der Waals surface area contributed by atoms with E-state index in [4.69, 9.17) is 0 Å². The van der Waals surface area contributed by atoms with E-state index in [1.165, 1.54) is 6.92 Å². The molecule has 0 aliphatic rings. The number of hydrogen-bond donors (Lipinski definition) is 1. The van der Waals surface area contributed by atoms with Gasteiger partial charge in [0, 0.05) is 13.5 Å². The van der Waals surface area contributed by atoms with Gasteiger partial charge in [-0.15, -0.1) is 0 Å². The average Bonchev–Trinajstić information content (AvgIpc) is 1.59. The molecule has 0 aromatic heterocycles. The molecule has 0 aromatic carbocycles. The Hall–Kier alpha value is -0.740. The van der Waals surface area contributed by atoms with Crippen molar-refractivity contribution >= 4 is 5.91 Å². The van der Waals surface area contributed by atoms with Crippen molar-refractivity contribution in [2.45, 2.75) is 19.5 Å². The topological polar surface area (TPSA) is 29.1 Å². The molecule has 0 fully saturated rings. The van der Waals surface area contributed by atoms with Gasteiger partial charge in [0.1, 0.15) is 0 Å². The van der Waals surface area contributed by atoms with Gasteiger partial charge in [-0.25, -0.2) is 0 Å². The van der Waals surface area contributed by atoms with Crippen molar-refractivity contribution in [3.8, 4) is 0 Å². The zero-order valence-corrected chi connectivity index (χ0v) is 5.46. The molecule has 0 atom stereocenters. The summed E-state index contributed by atoms with van der Waals surface area (Å²) < 4.78 is 34.1. The molecule has 0 spiro atoms. The Morgan fingerprint density at radius 3 is 2.30 bits per heavy atom. The second-order valence-corrected chi connectivity index (χ2v) is 1.85. The fourth-order valence-corrected chi connectivity index (χ4v) is 0.380. The maximum Gasteiger partial charge on any atom is 0.390 e. The number of rotatable bonds is 2. The summed E-state index contributed by atoms with van der Waals surface area (Å²) in [5.74, 6) is -0.441. The largest absolute Gasteiger partial charge is 0.390 e. The predicted octanol–water partition coefficient (Wildman–Crippen LogP) is 1.07. The lowest BCUT2D eigenvalue weighted by atomic mass is 10.4. The van der Waals surface area contributed by atoms with Crippen molar-refractivity contribution in [1.82, 2.24) is 5.32 Å². The van der Waals surface area contributed by atoms with E-state index in [1.54, 1.807) is 0 Å². The summed E-state index contributed by atoms with van der Waals surface area (Å²) in [4.78, 5) is 10.1. The lowest BCUT2D eigenvalue weighted by Crippen LogP contribution is -2.25. The Balaban J connectivity index is 3.29. The van der Waals surface area contributed by atoms with Crippen LogP contribution in [-0.2, 0) is 4.79 Å². The third kappa shape index (κ3) is 7.26. The SMILES string of the molecule is CC(=O)NCCC(F)(F)F. The fraction of sp³-hybridized carbons (Fsp3) is 0.800. The Kier molecular flexibility index (Phi) is 3.18. The van der Waals surface area contributed by atoms with Crippen LogP contribution in [-0.4, -0.2) is 18.6 Å². The normalized spacial score (nSPS) is 11.2.